The molecule has 0 spiro atoms. The van der Waals surface area contributed by atoms with Crippen LogP contribution in [0.2, 0.25) is 0 Å². The number of hydrogen-bond acceptors (Lipinski definition) is 3. The van der Waals surface area contributed by atoms with Gasteiger partial charge in [0.25, 0.3) is 5.91 Å². The Balaban J connectivity index is 0.00000225. The molecule has 0 unspecified atom stereocenters. The van der Waals surface area contributed by atoms with E-state index in [1.807, 2.05) is 36.1 Å². The van der Waals surface area contributed by atoms with Gasteiger partial charge in [0.1, 0.15) is 18.2 Å². The number of piperazine rings is 1. The second kappa shape index (κ2) is 8.83. The number of hydrogen-bond donors (Lipinski definition) is 1. The molecule has 1 N–H and O–H groups in total. The quantitative estimate of drug-likeness (QED) is 0.905. The van der Waals surface area contributed by atoms with Crippen molar-refractivity contribution in [1.29, 1.82) is 0 Å². The summed E-state index contributed by atoms with van der Waals surface area (Å²) >= 11 is 0. The van der Waals surface area contributed by atoms with Gasteiger partial charge in [-0.05, 0) is 36.8 Å². The van der Waals surface area contributed by atoms with Gasteiger partial charge in [-0.3, -0.25) is 4.79 Å². The van der Waals surface area contributed by atoms with Crippen LogP contribution in [0.3, 0.4) is 0 Å². The van der Waals surface area contributed by atoms with E-state index in [2.05, 4.69) is 5.32 Å². The lowest BCUT2D eigenvalue weighted by molar-refractivity contribution is 0.0655. The Hall–Kier alpha value is -2.11. The molecule has 1 aliphatic heterocycles. The molecule has 25 heavy (non-hydrogen) atoms. The van der Waals surface area contributed by atoms with Gasteiger partial charge < -0.3 is 15.0 Å². The fourth-order valence-electron chi connectivity index (χ4n) is 2.83. The van der Waals surface area contributed by atoms with E-state index in [1.165, 1.54) is 12.1 Å². The number of carbonyl (C=O) groups excluding carboxylic acids is 1. The third-order valence-corrected chi connectivity index (χ3v) is 4.14. The molecular weight excluding hydrogens is 343 g/mol. The fourth-order valence-corrected chi connectivity index (χ4v) is 2.83. The summed E-state index contributed by atoms with van der Waals surface area (Å²) in [6.07, 6.45) is 0. The lowest BCUT2D eigenvalue weighted by Crippen LogP contribution is -2.52. The van der Waals surface area contributed by atoms with Crippen molar-refractivity contribution >= 4 is 18.3 Å². The van der Waals surface area contributed by atoms with Crippen molar-refractivity contribution in [3.63, 3.8) is 0 Å². The number of nitrogens with zero attached hydrogens (tertiary/aromatic N) is 1. The Bertz CT molecular complexity index is 726. The average Bonchev–Trinajstić information content (AvgIpc) is 2.60. The second-order valence-electron chi connectivity index (χ2n) is 6.00. The minimum absolute atomic E-state index is 0. The number of rotatable bonds is 4. The maximum atomic E-state index is 13.2. The smallest absolute Gasteiger partial charge is 0.254 e. The summed E-state index contributed by atoms with van der Waals surface area (Å²) in [5.41, 5.74) is 1.54. The van der Waals surface area contributed by atoms with Crippen LogP contribution in [-0.2, 0) is 6.61 Å². The zero-order valence-electron chi connectivity index (χ0n) is 14.1. The third-order valence-electron chi connectivity index (χ3n) is 4.14. The summed E-state index contributed by atoms with van der Waals surface area (Å²) in [6.45, 7) is 4.68. The Morgan fingerprint density at radius 2 is 2.08 bits per heavy atom. The summed E-state index contributed by atoms with van der Waals surface area (Å²) < 4.78 is 18.8. The van der Waals surface area contributed by atoms with Crippen LogP contribution >= 0.6 is 12.4 Å². The number of halogens is 2. The maximum Gasteiger partial charge on any atom is 0.254 e. The van der Waals surface area contributed by atoms with Gasteiger partial charge in [0.15, 0.2) is 0 Å². The average molecular weight is 365 g/mol. The van der Waals surface area contributed by atoms with E-state index < -0.39 is 0 Å². The Morgan fingerprint density at radius 3 is 2.84 bits per heavy atom. The highest BCUT2D eigenvalue weighted by atomic mass is 35.5. The molecule has 0 aromatic heterocycles. The highest BCUT2D eigenvalue weighted by Crippen LogP contribution is 2.16. The van der Waals surface area contributed by atoms with E-state index in [1.54, 1.807) is 12.1 Å². The summed E-state index contributed by atoms with van der Waals surface area (Å²) in [5.74, 6) is 0.184. The van der Waals surface area contributed by atoms with E-state index in [-0.39, 0.29) is 30.2 Å². The van der Waals surface area contributed by atoms with Crippen LogP contribution < -0.4 is 10.1 Å². The number of nitrogens with one attached hydrogen (secondary N) is 1. The van der Waals surface area contributed by atoms with Crippen LogP contribution in [0, 0.1) is 5.82 Å². The van der Waals surface area contributed by atoms with E-state index in [9.17, 15) is 9.18 Å². The van der Waals surface area contributed by atoms with Gasteiger partial charge in [0.2, 0.25) is 0 Å². The SMILES string of the molecule is C[C@H]1CNCCN1C(=O)c1cccc(COc2cccc(F)c2)c1.Cl. The van der Waals surface area contributed by atoms with E-state index in [0.717, 1.165) is 18.7 Å². The summed E-state index contributed by atoms with van der Waals surface area (Å²) in [7, 11) is 0. The van der Waals surface area contributed by atoms with Crippen molar-refractivity contribution in [1.82, 2.24) is 10.2 Å². The van der Waals surface area contributed by atoms with Crippen molar-refractivity contribution < 1.29 is 13.9 Å². The molecule has 2 aromatic rings. The van der Waals surface area contributed by atoms with E-state index in [0.29, 0.717) is 24.5 Å². The first-order valence-corrected chi connectivity index (χ1v) is 8.12. The van der Waals surface area contributed by atoms with Crippen LogP contribution in [0.15, 0.2) is 48.5 Å². The van der Waals surface area contributed by atoms with Crippen LogP contribution in [0.1, 0.15) is 22.8 Å². The monoisotopic (exact) mass is 364 g/mol. The predicted octanol–water partition coefficient (Wildman–Crippen LogP) is 3.26. The first-order valence-electron chi connectivity index (χ1n) is 8.12. The minimum Gasteiger partial charge on any atom is -0.489 e. The predicted molar refractivity (Wildman–Crippen MR) is 97.8 cm³/mol. The second-order valence-corrected chi connectivity index (χ2v) is 6.00. The van der Waals surface area contributed by atoms with Gasteiger partial charge in [0, 0.05) is 37.3 Å². The lowest BCUT2D eigenvalue weighted by atomic mass is 10.1. The molecule has 6 heteroatoms. The zero-order valence-corrected chi connectivity index (χ0v) is 14.9. The Kier molecular flexibility index (Phi) is 6.79. The number of amides is 1. The molecule has 3 rings (SSSR count). The van der Waals surface area contributed by atoms with Crippen molar-refractivity contribution in [2.75, 3.05) is 19.6 Å². The van der Waals surface area contributed by atoms with Gasteiger partial charge in [0.05, 0.1) is 0 Å². The number of benzene rings is 2. The molecule has 1 amide bonds. The van der Waals surface area contributed by atoms with Gasteiger partial charge >= 0.3 is 0 Å². The van der Waals surface area contributed by atoms with E-state index in [4.69, 9.17) is 4.74 Å². The molecule has 2 aromatic carbocycles. The largest absolute Gasteiger partial charge is 0.489 e. The summed E-state index contributed by atoms with van der Waals surface area (Å²) in [6, 6.07) is 13.6. The van der Waals surface area contributed by atoms with Gasteiger partial charge in [-0.1, -0.05) is 18.2 Å². The van der Waals surface area contributed by atoms with Gasteiger partial charge in [-0.2, -0.15) is 0 Å². The molecule has 1 aliphatic rings. The minimum atomic E-state index is -0.330. The first kappa shape index (κ1) is 19.2. The summed E-state index contributed by atoms with van der Waals surface area (Å²) in [4.78, 5) is 14.6. The maximum absolute atomic E-state index is 13.2. The number of carbonyl (C=O) groups is 1. The van der Waals surface area contributed by atoms with Crippen LogP contribution in [-0.4, -0.2) is 36.5 Å². The summed E-state index contributed by atoms with van der Waals surface area (Å²) in [5, 5.41) is 3.28. The molecule has 1 atom stereocenters. The molecule has 0 bridgehead atoms. The fraction of sp³-hybridized carbons (Fsp3) is 0.316. The molecule has 0 aliphatic carbocycles. The topological polar surface area (TPSA) is 41.6 Å². The molecule has 0 radical (unpaired) electrons. The highest BCUT2D eigenvalue weighted by Gasteiger charge is 2.24. The van der Waals surface area contributed by atoms with Crippen LogP contribution in [0.5, 0.6) is 5.75 Å². The standard InChI is InChI=1S/C19H21FN2O2.ClH/c1-14-12-21-8-9-22(14)19(23)16-5-2-4-15(10-16)13-24-18-7-3-6-17(20)11-18;/h2-7,10-11,14,21H,8-9,12-13H2,1H3;1H/t14-;/m0./s1. The van der Waals surface area contributed by atoms with Crippen molar-refractivity contribution in [2.24, 2.45) is 0 Å². The molecular formula is C19H22ClFN2O2. The van der Waals surface area contributed by atoms with Crippen LogP contribution in [0.25, 0.3) is 0 Å². The first-order chi connectivity index (χ1) is 11.6. The highest BCUT2D eigenvalue weighted by molar-refractivity contribution is 5.94. The number of ether oxygens (including phenoxy) is 1. The zero-order chi connectivity index (χ0) is 16.9. The van der Waals surface area contributed by atoms with Crippen molar-refractivity contribution in [3.8, 4) is 5.75 Å². The molecule has 134 valence electrons. The van der Waals surface area contributed by atoms with E-state index >= 15 is 0 Å². The molecule has 0 saturated carbocycles. The van der Waals surface area contributed by atoms with Gasteiger partial charge in [-0.15, -0.1) is 12.4 Å². The molecule has 1 fully saturated rings. The van der Waals surface area contributed by atoms with Crippen molar-refractivity contribution in [2.45, 2.75) is 19.6 Å². The lowest BCUT2D eigenvalue weighted by Gasteiger charge is -2.34. The molecule has 1 heterocycles. The Morgan fingerprint density at radius 1 is 1.28 bits per heavy atom. The third kappa shape index (κ3) is 4.94. The van der Waals surface area contributed by atoms with Crippen LogP contribution in [0.4, 0.5) is 4.39 Å². The Labute approximate surface area is 153 Å². The normalized spacial score (nSPS) is 16.9. The molecule has 1 saturated heterocycles. The molecule has 4 nitrogen and oxygen atoms in total. The van der Waals surface area contributed by atoms with Gasteiger partial charge in [-0.25, -0.2) is 4.39 Å². The van der Waals surface area contributed by atoms with Crippen molar-refractivity contribution in [3.05, 3.63) is 65.5 Å².